The largest absolute Gasteiger partial charge is 0.345 e. The van der Waals surface area contributed by atoms with E-state index in [0.717, 1.165) is 61.9 Å². The Balaban J connectivity index is 0.00000210. The first-order chi connectivity index (χ1) is 18.0. The SMILES string of the molecule is Cl.Cl.O=C(NC(CCN1CCC2(CC1)CCN(Cc1ccc(Br)cc1)C2=O)c1ccccc1)c1cccnc1. The van der Waals surface area contributed by atoms with Crippen molar-refractivity contribution in [1.82, 2.24) is 20.1 Å². The molecule has 1 atom stereocenters. The molecule has 1 unspecified atom stereocenters. The second-order valence-electron chi connectivity index (χ2n) is 10.2. The molecule has 1 N–H and O–H groups in total. The van der Waals surface area contributed by atoms with Crippen LogP contribution in [0.4, 0.5) is 0 Å². The van der Waals surface area contributed by atoms with Gasteiger partial charge in [-0.25, -0.2) is 0 Å². The molecule has 2 amide bonds. The van der Waals surface area contributed by atoms with Crippen LogP contribution in [-0.2, 0) is 11.3 Å². The van der Waals surface area contributed by atoms with E-state index in [1.807, 2.05) is 35.2 Å². The number of hydrogen-bond acceptors (Lipinski definition) is 4. The maximum absolute atomic E-state index is 13.4. The lowest BCUT2D eigenvalue weighted by Crippen LogP contribution is -2.45. The van der Waals surface area contributed by atoms with Gasteiger partial charge in [-0.05, 0) is 74.2 Å². The van der Waals surface area contributed by atoms with Gasteiger partial charge in [-0.2, -0.15) is 0 Å². The smallest absolute Gasteiger partial charge is 0.253 e. The summed E-state index contributed by atoms with van der Waals surface area (Å²) >= 11 is 3.48. The van der Waals surface area contributed by atoms with E-state index in [2.05, 4.69) is 55.4 Å². The average molecular weight is 634 g/mol. The number of nitrogens with one attached hydrogen (secondary N) is 1. The zero-order valence-electron chi connectivity index (χ0n) is 21.8. The predicted octanol–water partition coefficient (Wildman–Crippen LogP) is 6.06. The van der Waals surface area contributed by atoms with Crippen molar-refractivity contribution in [3.63, 3.8) is 0 Å². The van der Waals surface area contributed by atoms with Crippen LogP contribution in [0.5, 0.6) is 0 Å². The molecule has 0 saturated carbocycles. The minimum absolute atomic E-state index is 0. The molecular formula is C30H35BrCl2N4O2. The second-order valence-corrected chi connectivity index (χ2v) is 11.1. The Hall–Kier alpha value is -2.45. The summed E-state index contributed by atoms with van der Waals surface area (Å²) in [5.41, 5.74) is 2.63. The number of hydrogen-bond donors (Lipinski definition) is 1. The molecule has 2 aromatic carbocycles. The Kier molecular flexibility index (Phi) is 11.4. The van der Waals surface area contributed by atoms with Gasteiger partial charge in [-0.3, -0.25) is 14.6 Å². The topological polar surface area (TPSA) is 65.5 Å². The highest BCUT2D eigenvalue weighted by molar-refractivity contribution is 9.10. The molecule has 3 heterocycles. The monoisotopic (exact) mass is 632 g/mol. The summed E-state index contributed by atoms with van der Waals surface area (Å²) in [4.78, 5) is 34.8. The predicted molar refractivity (Wildman–Crippen MR) is 162 cm³/mol. The number of carbonyl (C=O) groups excluding carboxylic acids is 2. The van der Waals surface area contributed by atoms with Crippen LogP contribution in [0.25, 0.3) is 0 Å². The summed E-state index contributed by atoms with van der Waals surface area (Å²) in [6.45, 7) is 4.23. The maximum Gasteiger partial charge on any atom is 0.253 e. The van der Waals surface area contributed by atoms with Crippen LogP contribution in [0, 0.1) is 5.41 Å². The Morgan fingerprint density at radius 1 is 0.949 bits per heavy atom. The maximum atomic E-state index is 13.4. The van der Waals surface area contributed by atoms with Crippen molar-refractivity contribution in [2.24, 2.45) is 5.41 Å². The summed E-state index contributed by atoms with van der Waals surface area (Å²) in [6.07, 6.45) is 6.84. The van der Waals surface area contributed by atoms with Crippen molar-refractivity contribution in [2.75, 3.05) is 26.2 Å². The quantitative estimate of drug-likeness (QED) is 0.327. The number of benzene rings is 2. The molecule has 6 nitrogen and oxygen atoms in total. The van der Waals surface area contributed by atoms with Crippen LogP contribution in [-0.4, -0.2) is 52.8 Å². The first-order valence-electron chi connectivity index (χ1n) is 13.0. The lowest BCUT2D eigenvalue weighted by molar-refractivity contribution is -0.138. The third-order valence-electron chi connectivity index (χ3n) is 7.87. The fourth-order valence-electron chi connectivity index (χ4n) is 5.58. The Morgan fingerprint density at radius 3 is 2.31 bits per heavy atom. The number of amides is 2. The van der Waals surface area contributed by atoms with Gasteiger partial charge in [-0.15, -0.1) is 24.8 Å². The molecule has 2 saturated heterocycles. The van der Waals surface area contributed by atoms with Gasteiger partial charge in [0.15, 0.2) is 0 Å². The van der Waals surface area contributed by atoms with E-state index in [4.69, 9.17) is 0 Å². The number of piperidine rings is 1. The van der Waals surface area contributed by atoms with Crippen LogP contribution >= 0.6 is 40.7 Å². The first-order valence-corrected chi connectivity index (χ1v) is 13.8. The van der Waals surface area contributed by atoms with E-state index in [1.54, 1.807) is 24.5 Å². The van der Waals surface area contributed by atoms with E-state index in [9.17, 15) is 9.59 Å². The van der Waals surface area contributed by atoms with Crippen molar-refractivity contribution in [3.8, 4) is 0 Å². The van der Waals surface area contributed by atoms with E-state index in [0.29, 0.717) is 18.0 Å². The van der Waals surface area contributed by atoms with Gasteiger partial charge in [-0.1, -0.05) is 58.4 Å². The number of likely N-dealkylation sites (tertiary alicyclic amines) is 2. The number of nitrogens with zero attached hydrogens (tertiary/aromatic N) is 3. The molecule has 0 radical (unpaired) electrons. The zero-order valence-corrected chi connectivity index (χ0v) is 25.0. The third kappa shape index (κ3) is 7.60. The minimum Gasteiger partial charge on any atom is -0.345 e. The fraction of sp³-hybridized carbons (Fsp3) is 0.367. The summed E-state index contributed by atoms with van der Waals surface area (Å²) in [5.74, 6) is 0.211. The van der Waals surface area contributed by atoms with E-state index >= 15 is 0 Å². The van der Waals surface area contributed by atoms with E-state index < -0.39 is 0 Å². The standard InChI is InChI=1S/C30H33BrN4O2.2ClH/c31-26-10-8-23(9-11-26)22-35-20-15-30(29(35)37)13-18-34(19-14-30)17-12-27(24-5-2-1-3-6-24)33-28(36)25-7-4-16-32-21-25;;/h1-11,16,21,27H,12-15,17-20,22H2,(H,33,36);2*1H. The highest BCUT2D eigenvalue weighted by Crippen LogP contribution is 2.42. The minimum atomic E-state index is -0.209. The van der Waals surface area contributed by atoms with E-state index in [-0.39, 0.29) is 42.2 Å². The molecule has 5 rings (SSSR count). The number of halogens is 3. The molecule has 39 heavy (non-hydrogen) atoms. The second kappa shape index (κ2) is 14.3. The van der Waals surface area contributed by atoms with Gasteiger partial charge in [0.2, 0.25) is 5.91 Å². The summed E-state index contributed by atoms with van der Waals surface area (Å²) < 4.78 is 1.05. The van der Waals surface area contributed by atoms with E-state index in [1.165, 1.54) is 5.56 Å². The molecule has 208 valence electrons. The van der Waals surface area contributed by atoms with Crippen molar-refractivity contribution in [1.29, 1.82) is 0 Å². The normalized spacial score (nSPS) is 17.3. The van der Waals surface area contributed by atoms with Crippen LogP contribution in [0.3, 0.4) is 0 Å². The van der Waals surface area contributed by atoms with Crippen LogP contribution in [0.1, 0.15) is 53.2 Å². The molecule has 0 aliphatic carbocycles. The highest BCUT2D eigenvalue weighted by atomic mass is 79.9. The third-order valence-corrected chi connectivity index (χ3v) is 8.39. The highest BCUT2D eigenvalue weighted by Gasteiger charge is 2.47. The zero-order chi connectivity index (χ0) is 25.7. The van der Waals surface area contributed by atoms with Gasteiger partial charge < -0.3 is 15.1 Å². The number of pyridine rings is 1. The van der Waals surface area contributed by atoms with Gasteiger partial charge in [0, 0.05) is 36.5 Å². The number of rotatable bonds is 8. The van der Waals surface area contributed by atoms with Gasteiger partial charge in [0.1, 0.15) is 0 Å². The molecule has 2 aliphatic heterocycles. The molecule has 2 fully saturated rings. The molecule has 9 heteroatoms. The van der Waals surface area contributed by atoms with Gasteiger partial charge >= 0.3 is 0 Å². The van der Waals surface area contributed by atoms with Crippen molar-refractivity contribution in [3.05, 3.63) is 100 Å². The molecule has 0 bridgehead atoms. The van der Waals surface area contributed by atoms with Crippen LogP contribution in [0.15, 0.2) is 83.6 Å². The Bertz CT molecular complexity index is 1210. The van der Waals surface area contributed by atoms with Crippen molar-refractivity contribution < 1.29 is 9.59 Å². The van der Waals surface area contributed by atoms with Crippen LogP contribution in [0.2, 0.25) is 0 Å². The molecular weight excluding hydrogens is 599 g/mol. The molecule has 1 aromatic heterocycles. The fourth-order valence-corrected chi connectivity index (χ4v) is 5.84. The summed E-state index contributed by atoms with van der Waals surface area (Å²) in [6, 6.07) is 21.9. The molecule has 3 aromatic rings. The van der Waals surface area contributed by atoms with Crippen molar-refractivity contribution in [2.45, 2.75) is 38.3 Å². The Labute approximate surface area is 251 Å². The average Bonchev–Trinajstić information content (AvgIpc) is 3.23. The number of carbonyl (C=O) groups is 2. The summed E-state index contributed by atoms with van der Waals surface area (Å²) in [5, 5.41) is 3.21. The van der Waals surface area contributed by atoms with Gasteiger partial charge in [0.25, 0.3) is 5.91 Å². The summed E-state index contributed by atoms with van der Waals surface area (Å²) in [7, 11) is 0. The first kappa shape index (κ1) is 31.1. The van der Waals surface area contributed by atoms with Crippen molar-refractivity contribution >= 4 is 52.6 Å². The molecule has 1 spiro atoms. The lowest BCUT2D eigenvalue weighted by atomic mass is 9.77. The van der Waals surface area contributed by atoms with Crippen LogP contribution < -0.4 is 5.32 Å². The molecule has 2 aliphatic rings. The number of aromatic nitrogens is 1. The van der Waals surface area contributed by atoms with Gasteiger partial charge in [0.05, 0.1) is 17.0 Å². The lowest BCUT2D eigenvalue weighted by Gasteiger charge is -2.38. The Morgan fingerprint density at radius 2 is 1.64 bits per heavy atom.